The number of carboxylic acids is 1. The zero-order valence-electron chi connectivity index (χ0n) is 25.7. The predicted octanol–water partition coefficient (Wildman–Crippen LogP) is 8.25. The van der Waals surface area contributed by atoms with Gasteiger partial charge in [-0.2, -0.15) is 0 Å². The molecule has 4 rings (SSSR count). The van der Waals surface area contributed by atoms with Crippen LogP contribution in [0.2, 0.25) is 0 Å². The van der Waals surface area contributed by atoms with Gasteiger partial charge in [0.15, 0.2) is 6.10 Å². The highest BCUT2D eigenvalue weighted by atomic mass is 19.1. The van der Waals surface area contributed by atoms with Gasteiger partial charge < -0.3 is 14.7 Å². The summed E-state index contributed by atoms with van der Waals surface area (Å²) < 4.78 is 19.4. The molecule has 0 saturated carbocycles. The van der Waals surface area contributed by atoms with Crippen LogP contribution < -0.4 is 4.90 Å². The van der Waals surface area contributed by atoms with Crippen molar-refractivity contribution in [3.8, 4) is 11.1 Å². The molecule has 1 aromatic heterocycles. The fourth-order valence-electron chi connectivity index (χ4n) is 5.74. The Labute approximate surface area is 244 Å². The molecule has 1 aliphatic heterocycles. The third kappa shape index (κ3) is 7.73. The number of aryl methyl sites for hydroxylation is 4. The van der Waals surface area contributed by atoms with E-state index < -0.39 is 17.7 Å². The monoisotopic (exact) mass is 560 g/mol. The molecule has 0 radical (unpaired) electrons. The quantitative estimate of drug-likeness (QED) is 0.285. The summed E-state index contributed by atoms with van der Waals surface area (Å²) in [5, 5.41) is 10.4. The summed E-state index contributed by atoms with van der Waals surface area (Å²) in [5.74, 6) is -1.21. The fraction of sp³-hybridized carbons (Fsp3) is 0.486. The van der Waals surface area contributed by atoms with Crippen molar-refractivity contribution >= 4 is 11.7 Å². The summed E-state index contributed by atoms with van der Waals surface area (Å²) in [6.07, 6.45) is 3.71. The molecule has 0 aliphatic carbocycles. The lowest BCUT2D eigenvalue weighted by Gasteiger charge is -2.41. The minimum Gasteiger partial charge on any atom is -0.479 e. The molecule has 2 aromatic carbocycles. The number of piperidine rings is 1. The lowest BCUT2D eigenvalue weighted by atomic mass is 9.81. The van der Waals surface area contributed by atoms with Crippen molar-refractivity contribution in [3.63, 3.8) is 0 Å². The average molecular weight is 561 g/mol. The van der Waals surface area contributed by atoms with Crippen LogP contribution in [-0.2, 0) is 22.4 Å². The first-order valence-corrected chi connectivity index (χ1v) is 14.7. The van der Waals surface area contributed by atoms with Gasteiger partial charge in [-0.15, -0.1) is 0 Å². The number of hydrogen-bond donors (Lipinski definition) is 1. The van der Waals surface area contributed by atoms with Crippen LogP contribution in [0.25, 0.3) is 11.1 Å². The van der Waals surface area contributed by atoms with Gasteiger partial charge in [-0.1, -0.05) is 50.2 Å². The number of aliphatic carboxylic acids is 1. The van der Waals surface area contributed by atoms with Crippen molar-refractivity contribution in [2.75, 3.05) is 18.0 Å². The van der Waals surface area contributed by atoms with E-state index in [1.54, 1.807) is 0 Å². The molecule has 0 spiro atoms. The van der Waals surface area contributed by atoms with Gasteiger partial charge in [0.25, 0.3) is 0 Å². The number of benzene rings is 2. The molecular weight excluding hydrogens is 515 g/mol. The Hall–Kier alpha value is -3.25. The lowest BCUT2D eigenvalue weighted by Crippen LogP contribution is -2.39. The largest absolute Gasteiger partial charge is 0.479 e. The molecule has 0 bridgehead atoms. The molecule has 1 saturated heterocycles. The Morgan fingerprint density at radius 1 is 0.976 bits per heavy atom. The van der Waals surface area contributed by atoms with E-state index in [1.807, 2.05) is 46.8 Å². The minimum absolute atomic E-state index is 0.208. The van der Waals surface area contributed by atoms with E-state index in [-0.39, 0.29) is 11.2 Å². The molecule has 1 unspecified atom stereocenters. The van der Waals surface area contributed by atoms with Crippen LogP contribution in [0.5, 0.6) is 0 Å². The van der Waals surface area contributed by atoms with Crippen LogP contribution in [0.3, 0.4) is 0 Å². The fourth-order valence-corrected chi connectivity index (χ4v) is 5.74. The summed E-state index contributed by atoms with van der Waals surface area (Å²) in [7, 11) is 0. The van der Waals surface area contributed by atoms with Gasteiger partial charge in [0.1, 0.15) is 5.82 Å². The van der Waals surface area contributed by atoms with Crippen molar-refractivity contribution < 1.29 is 19.0 Å². The molecule has 0 amide bonds. The molecular formula is C35H45FN2O3. The zero-order valence-corrected chi connectivity index (χ0v) is 25.7. The Morgan fingerprint density at radius 3 is 2.02 bits per heavy atom. The number of ether oxygens (including phenoxy) is 1. The maximum absolute atomic E-state index is 13.2. The summed E-state index contributed by atoms with van der Waals surface area (Å²) in [5.41, 5.74) is 7.14. The first kappa shape index (κ1) is 30.7. The van der Waals surface area contributed by atoms with Crippen molar-refractivity contribution in [1.82, 2.24) is 4.98 Å². The molecule has 41 heavy (non-hydrogen) atoms. The number of hydrogen-bond acceptors (Lipinski definition) is 4. The van der Waals surface area contributed by atoms with Gasteiger partial charge >= 0.3 is 5.97 Å². The Kier molecular flexibility index (Phi) is 9.22. The van der Waals surface area contributed by atoms with Crippen molar-refractivity contribution in [2.45, 2.75) is 92.3 Å². The Bertz CT molecular complexity index is 1350. The topological polar surface area (TPSA) is 62.7 Å². The summed E-state index contributed by atoms with van der Waals surface area (Å²) in [6, 6.07) is 15.3. The molecule has 3 aromatic rings. The van der Waals surface area contributed by atoms with Gasteiger partial charge in [-0.05, 0) is 101 Å². The number of nitrogens with zero attached hydrogens (tertiary/aromatic N) is 2. The smallest absolute Gasteiger partial charge is 0.337 e. The van der Waals surface area contributed by atoms with Crippen LogP contribution in [0, 0.1) is 25.1 Å². The zero-order chi connectivity index (χ0) is 29.9. The van der Waals surface area contributed by atoms with Crippen LogP contribution >= 0.6 is 0 Å². The van der Waals surface area contributed by atoms with Gasteiger partial charge in [-0.3, -0.25) is 4.98 Å². The van der Waals surface area contributed by atoms with Crippen molar-refractivity contribution in [2.24, 2.45) is 5.41 Å². The van der Waals surface area contributed by atoms with Gasteiger partial charge in [0.2, 0.25) is 0 Å². The van der Waals surface area contributed by atoms with E-state index in [4.69, 9.17) is 9.72 Å². The molecule has 2 heterocycles. The molecule has 1 fully saturated rings. The number of anilines is 1. The normalized spacial score (nSPS) is 16.0. The Balaban J connectivity index is 1.71. The third-order valence-electron chi connectivity index (χ3n) is 8.06. The number of carbonyl (C=O) groups is 1. The molecule has 5 nitrogen and oxygen atoms in total. The van der Waals surface area contributed by atoms with E-state index >= 15 is 0 Å². The second kappa shape index (κ2) is 12.3. The van der Waals surface area contributed by atoms with Gasteiger partial charge in [0, 0.05) is 35.6 Å². The maximum atomic E-state index is 13.2. The highest BCUT2D eigenvalue weighted by Gasteiger charge is 2.36. The maximum Gasteiger partial charge on any atom is 0.337 e. The first-order chi connectivity index (χ1) is 19.2. The second-order valence-electron chi connectivity index (χ2n) is 13.2. The summed E-state index contributed by atoms with van der Waals surface area (Å²) in [4.78, 5) is 19.9. The molecule has 1 atom stereocenters. The SMILES string of the molecule is Cc1nc(C)c(C(OC(C)(C)C)C(=O)O)c(N2CCC(C)(C)CC2)c1-c1ccc(CCCc2ccc(F)cc2)cc1. The second-order valence-corrected chi connectivity index (χ2v) is 13.2. The summed E-state index contributed by atoms with van der Waals surface area (Å²) in [6.45, 7) is 15.9. The Morgan fingerprint density at radius 2 is 1.51 bits per heavy atom. The lowest BCUT2D eigenvalue weighted by molar-refractivity contribution is -0.160. The molecule has 1 N–H and O–H groups in total. The van der Waals surface area contributed by atoms with Crippen molar-refractivity contribution in [3.05, 3.63) is 82.4 Å². The highest BCUT2D eigenvalue weighted by molar-refractivity contribution is 5.88. The van der Waals surface area contributed by atoms with Crippen LogP contribution in [0.1, 0.15) is 88.1 Å². The van der Waals surface area contributed by atoms with Crippen LogP contribution in [0.15, 0.2) is 48.5 Å². The minimum atomic E-state index is -1.13. The number of halogens is 1. The highest BCUT2D eigenvalue weighted by Crippen LogP contribution is 2.44. The van der Waals surface area contributed by atoms with Crippen molar-refractivity contribution in [1.29, 1.82) is 0 Å². The standard InChI is InChI=1S/C35H45FN2O3/c1-23-29(27-15-11-25(12-16-27)9-8-10-26-13-17-28(36)18-14-26)31(38-21-19-35(6,7)20-22-38)30(24(2)37-23)32(33(39)40)41-34(3,4)5/h11-18,32H,8-10,19-22H2,1-7H3,(H,39,40). The van der Waals surface area contributed by atoms with E-state index in [0.29, 0.717) is 11.3 Å². The third-order valence-corrected chi connectivity index (χ3v) is 8.06. The number of carboxylic acid groups (broad SMARTS) is 1. The molecule has 1 aliphatic rings. The van der Waals surface area contributed by atoms with E-state index in [0.717, 1.165) is 73.3 Å². The first-order valence-electron chi connectivity index (χ1n) is 14.7. The number of pyridine rings is 1. The number of rotatable bonds is 9. The van der Waals surface area contributed by atoms with E-state index in [2.05, 4.69) is 43.0 Å². The predicted molar refractivity (Wildman–Crippen MR) is 164 cm³/mol. The van der Waals surface area contributed by atoms with E-state index in [1.165, 1.54) is 17.7 Å². The molecule has 220 valence electrons. The number of aromatic nitrogens is 1. The van der Waals surface area contributed by atoms with Gasteiger partial charge in [0.05, 0.1) is 11.3 Å². The van der Waals surface area contributed by atoms with E-state index in [9.17, 15) is 14.3 Å². The summed E-state index contributed by atoms with van der Waals surface area (Å²) >= 11 is 0. The van der Waals surface area contributed by atoms with Crippen LogP contribution in [0.4, 0.5) is 10.1 Å². The van der Waals surface area contributed by atoms with Crippen LogP contribution in [-0.4, -0.2) is 34.8 Å². The van der Waals surface area contributed by atoms with Gasteiger partial charge in [-0.25, -0.2) is 9.18 Å². The molecule has 6 heteroatoms. The average Bonchev–Trinajstić information content (AvgIpc) is 2.88.